The van der Waals surface area contributed by atoms with E-state index in [0.29, 0.717) is 0 Å². The molecule has 0 radical (unpaired) electrons. The third-order valence-corrected chi connectivity index (χ3v) is 4.59. The summed E-state index contributed by atoms with van der Waals surface area (Å²) < 4.78 is 1.20. The Labute approximate surface area is 118 Å². The molecule has 1 aromatic carbocycles. The van der Waals surface area contributed by atoms with Gasteiger partial charge < -0.3 is 10.6 Å². The maximum atomic E-state index is 6.26. The van der Waals surface area contributed by atoms with E-state index in [2.05, 4.69) is 35.9 Å². The molecule has 1 saturated carbocycles. The SMILES string of the molecule is CCCN(CC1CC1)c1cc2nc(C)sc2cc1N. The summed E-state index contributed by atoms with van der Waals surface area (Å²) in [6.07, 6.45) is 3.90. The standard InChI is InChI=1S/C15H21N3S/c1-3-6-18(9-11-4-5-11)14-8-13-15(7-12(14)16)19-10(2)17-13/h7-8,11H,3-6,9,16H2,1-2H3. The first-order valence-electron chi connectivity index (χ1n) is 7.09. The molecule has 1 aromatic heterocycles. The molecular weight excluding hydrogens is 254 g/mol. The number of nitrogens with zero attached hydrogens (tertiary/aromatic N) is 2. The van der Waals surface area contributed by atoms with Crippen LogP contribution >= 0.6 is 11.3 Å². The summed E-state index contributed by atoms with van der Waals surface area (Å²) in [5.41, 5.74) is 9.41. The average Bonchev–Trinajstić information content (AvgIpc) is 3.09. The van der Waals surface area contributed by atoms with Crippen molar-refractivity contribution in [2.75, 3.05) is 23.7 Å². The molecule has 0 spiro atoms. The highest BCUT2D eigenvalue weighted by Gasteiger charge is 2.25. The second-order valence-electron chi connectivity index (χ2n) is 5.50. The van der Waals surface area contributed by atoms with Crippen molar-refractivity contribution in [1.29, 1.82) is 0 Å². The predicted octanol–water partition coefficient (Wildman–Crippen LogP) is 3.81. The zero-order chi connectivity index (χ0) is 13.4. The molecule has 1 aliphatic carbocycles. The van der Waals surface area contributed by atoms with Crippen LogP contribution in [0.5, 0.6) is 0 Å². The fourth-order valence-corrected chi connectivity index (χ4v) is 3.42. The Bertz CT molecular complexity index is 586. The van der Waals surface area contributed by atoms with Gasteiger partial charge in [0.1, 0.15) is 0 Å². The topological polar surface area (TPSA) is 42.2 Å². The largest absolute Gasteiger partial charge is 0.397 e. The number of nitrogens with two attached hydrogens (primary N) is 1. The number of rotatable bonds is 5. The van der Waals surface area contributed by atoms with E-state index in [9.17, 15) is 0 Å². The third-order valence-electron chi connectivity index (χ3n) is 3.65. The predicted molar refractivity (Wildman–Crippen MR) is 84.0 cm³/mol. The number of benzene rings is 1. The quantitative estimate of drug-likeness (QED) is 0.844. The van der Waals surface area contributed by atoms with Gasteiger partial charge in [0.2, 0.25) is 0 Å². The molecule has 1 aliphatic rings. The van der Waals surface area contributed by atoms with Gasteiger partial charge in [0.25, 0.3) is 0 Å². The van der Waals surface area contributed by atoms with Gasteiger partial charge in [-0.25, -0.2) is 4.98 Å². The minimum absolute atomic E-state index is 0.874. The van der Waals surface area contributed by atoms with Crippen molar-refractivity contribution in [3.05, 3.63) is 17.1 Å². The first-order valence-corrected chi connectivity index (χ1v) is 7.90. The second-order valence-corrected chi connectivity index (χ2v) is 6.74. The highest BCUT2D eigenvalue weighted by Crippen LogP contribution is 2.36. The minimum atomic E-state index is 0.874. The summed E-state index contributed by atoms with van der Waals surface area (Å²) in [5, 5.41) is 1.11. The van der Waals surface area contributed by atoms with Crippen LogP contribution in [0.4, 0.5) is 11.4 Å². The number of hydrogen-bond donors (Lipinski definition) is 1. The van der Waals surface area contributed by atoms with Gasteiger partial charge in [-0.2, -0.15) is 0 Å². The normalized spacial score (nSPS) is 15.1. The van der Waals surface area contributed by atoms with E-state index in [1.807, 2.05) is 0 Å². The summed E-state index contributed by atoms with van der Waals surface area (Å²) in [4.78, 5) is 7.03. The molecule has 0 atom stereocenters. The Morgan fingerprint density at radius 3 is 2.89 bits per heavy atom. The average molecular weight is 275 g/mol. The van der Waals surface area contributed by atoms with Crippen LogP contribution < -0.4 is 10.6 Å². The first kappa shape index (κ1) is 12.7. The molecule has 0 unspecified atom stereocenters. The lowest BCUT2D eigenvalue weighted by Gasteiger charge is -2.25. The fourth-order valence-electron chi connectivity index (χ4n) is 2.56. The number of aromatic nitrogens is 1. The van der Waals surface area contributed by atoms with Crippen LogP contribution in [-0.2, 0) is 0 Å². The van der Waals surface area contributed by atoms with E-state index in [-0.39, 0.29) is 0 Å². The summed E-state index contributed by atoms with van der Waals surface area (Å²) >= 11 is 1.72. The lowest BCUT2D eigenvalue weighted by atomic mass is 10.2. The van der Waals surface area contributed by atoms with Crippen LogP contribution in [0.15, 0.2) is 12.1 Å². The fraction of sp³-hybridized carbons (Fsp3) is 0.533. The van der Waals surface area contributed by atoms with E-state index < -0.39 is 0 Å². The summed E-state index contributed by atoms with van der Waals surface area (Å²) in [5.74, 6) is 0.874. The Hall–Kier alpha value is -1.29. The lowest BCUT2D eigenvalue weighted by molar-refractivity contribution is 0.709. The number of anilines is 2. The maximum absolute atomic E-state index is 6.26. The Kier molecular flexibility index (Phi) is 3.35. The molecule has 19 heavy (non-hydrogen) atoms. The van der Waals surface area contributed by atoms with Crippen LogP contribution in [0, 0.1) is 12.8 Å². The van der Waals surface area contributed by atoms with Gasteiger partial charge in [-0.15, -0.1) is 11.3 Å². The molecule has 0 bridgehead atoms. The van der Waals surface area contributed by atoms with Crippen LogP contribution in [-0.4, -0.2) is 18.1 Å². The number of thiazole rings is 1. The van der Waals surface area contributed by atoms with Crippen LogP contribution in [0.3, 0.4) is 0 Å². The van der Waals surface area contributed by atoms with Gasteiger partial charge in [0.05, 0.1) is 26.6 Å². The van der Waals surface area contributed by atoms with Gasteiger partial charge in [-0.3, -0.25) is 0 Å². The molecular formula is C15H21N3S. The van der Waals surface area contributed by atoms with Gasteiger partial charge >= 0.3 is 0 Å². The van der Waals surface area contributed by atoms with E-state index >= 15 is 0 Å². The zero-order valence-corrected chi connectivity index (χ0v) is 12.5. The zero-order valence-electron chi connectivity index (χ0n) is 11.6. The summed E-state index contributed by atoms with van der Waals surface area (Å²) in [6.45, 7) is 6.50. The Morgan fingerprint density at radius 2 is 2.21 bits per heavy atom. The highest BCUT2D eigenvalue weighted by atomic mass is 32.1. The lowest BCUT2D eigenvalue weighted by Crippen LogP contribution is -2.27. The molecule has 3 rings (SSSR count). The number of hydrogen-bond acceptors (Lipinski definition) is 4. The molecule has 1 heterocycles. The maximum Gasteiger partial charge on any atom is 0.0907 e. The summed E-state index contributed by atoms with van der Waals surface area (Å²) in [6, 6.07) is 4.26. The molecule has 102 valence electrons. The smallest absolute Gasteiger partial charge is 0.0907 e. The van der Waals surface area contributed by atoms with E-state index in [4.69, 9.17) is 5.73 Å². The van der Waals surface area contributed by atoms with Gasteiger partial charge in [-0.05, 0) is 44.2 Å². The highest BCUT2D eigenvalue weighted by molar-refractivity contribution is 7.18. The van der Waals surface area contributed by atoms with Gasteiger partial charge in [-0.1, -0.05) is 6.92 Å². The molecule has 3 nitrogen and oxygen atoms in total. The molecule has 1 fully saturated rings. The van der Waals surface area contributed by atoms with Crippen molar-refractivity contribution in [3.8, 4) is 0 Å². The number of nitrogen functional groups attached to an aromatic ring is 1. The molecule has 2 N–H and O–H groups in total. The number of fused-ring (bicyclic) bond motifs is 1. The monoisotopic (exact) mass is 275 g/mol. The molecule has 2 aromatic rings. The van der Waals surface area contributed by atoms with Gasteiger partial charge in [0.15, 0.2) is 0 Å². The molecule has 4 heteroatoms. The van der Waals surface area contributed by atoms with E-state index in [1.165, 1.54) is 23.2 Å². The summed E-state index contributed by atoms with van der Waals surface area (Å²) in [7, 11) is 0. The Morgan fingerprint density at radius 1 is 1.42 bits per heavy atom. The Balaban J connectivity index is 1.97. The second kappa shape index (κ2) is 5.00. The van der Waals surface area contributed by atoms with Crippen LogP contribution in [0.2, 0.25) is 0 Å². The van der Waals surface area contributed by atoms with Crippen LogP contribution in [0.25, 0.3) is 10.2 Å². The molecule has 0 amide bonds. The minimum Gasteiger partial charge on any atom is -0.397 e. The molecule has 0 saturated heterocycles. The van der Waals surface area contributed by atoms with Crippen LogP contribution in [0.1, 0.15) is 31.2 Å². The van der Waals surface area contributed by atoms with Crippen molar-refractivity contribution in [3.63, 3.8) is 0 Å². The molecule has 0 aliphatic heterocycles. The third kappa shape index (κ3) is 2.68. The van der Waals surface area contributed by atoms with Crippen molar-refractivity contribution in [2.24, 2.45) is 5.92 Å². The van der Waals surface area contributed by atoms with E-state index in [1.54, 1.807) is 11.3 Å². The first-order chi connectivity index (χ1) is 9.17. The number of aryl methyl sites for hydroxylation is 1. The van der Waals surface area contributed by atoms with E-state index in [0.717, 1.165) is 41.6 Å². The van der Waals surface area contributed by atoms with Crippen molar-refractivity contribution >= 4 is 32.9 Å². The van der Waals surface area contributed by atoms with Crippen molar-refractivity contribution in [2.45, 2.75) is 33.1 Å². The van der Waals surface area contributed by atoms with Gasteiger partial charge in [0, 0.05) is 13.1 Å². The van der Waals surface area contributed by atoms with Crippen molar-refractivity contribution < 1.29 is 0 Å². The van der Waals surface area contributed by atoms with Crippen molar-refractivity contribution in [1.82, 2.24) is 4.98 Å².